The summed E-state index contributed by atoms with van der Waals surface area (Å²) < 4.78 is 0. The van der Waals surface area contributed by atoms with E-state index in [0.717, 1.165) is 19.1 Å². The molecule has 7 nitrogen and oxygen atoms in total. The van der Waals surface area contributed by atoms with Gasteiger partial charge in [0, 0.05) is 47.7 Å². The molecule has 0 unspecified atom stereocenters. The SMILES string of the molecule is CN(C(=N)/C=C\C(=N)c1ccc(/C(C=N)=C/N)cc1O)C1CC(C)(C)NC(C)(C)C1. The minimum atomic E-state index is -0.0647. The largest absolute Gasteiger partial charge is 0.507 e. The summed E-state index contributed by atoms with van der Waals surface area (Å²) in [6.07, 6.45) is 7.38. The monoisotopic (exact) mass is 410 g/mol. The van der Waals surface area contributed by atoms with Gasteiger partial charge in [0.25, 0.3) is 0 Å². The van der Waals surface area contributed by atoms with E-state index in [-0.39, 0.29) is 28.6 Å². The summed E-state index contributed by atoms with van der Waals surface area (Å²) >= 11 is 0. The first-order valence-electron chi connectivity index (χ1n) is 10.0. The fourth-order valence-electron chi connectivity index (χ4n) is 4.28. The van der Waals surface area contributed by atoms with Crippen molar-refractivity contribution >= 4 is 23.3 Å². The Morgan fingerprint density at radius 3 is 2.27 bits per heavy atom. The second kappa shape index (κ2) is 8.83. The molecule has 2 rings (SSSR count). The molecule has 1 aliphatic heterocycles. The summed E-state index contributed by atoms with van der Waals surface area (Å²) in [6.45, 7) is 8.72. The number of nitrogens with one attached hydrogen (secondary N) is 4. The third kappa shape index (κ3) is 5.57. The smallest absolute Gasteiger partial charge is 0.125 e. The highest BCUT2D eigenvalue weighted by Gasteiger charge is 2.39. The summed E-state index contributed by atoms with van der Waals surface area (Å²) in [5.41, 5.74) is 7.01. The lowest BCUT2D eigenvalue weighted by molar-refractivity contribution is 0.114. The zero-order valence-corrected chi connectivity index (χ0v) is 18.5. The number of nitrogens with zero attached hydrogens (tertiary/aromatic N) is 1. The second-order valence-electron chi connectivity index (χ2n) is 9.20. The highest BCUT2D eigenvalue weighted by molar-refractivity contribution is 6.12. The van der Waals surface area contributed by atoms with Crippen molar-refractivity contribution in [2.24, 2.45) is 5.73 Å². The van der Waals surface area contributed by atoms with E-state index in [1.54, 1.807) is 18.2 Å². The molecule has 1 aromatic rings. The van der Waals surface area contributed by atoms with Gasteiger partial charge in [0.15, 0.2) is 0 Å². The van der Waals surface area contributed by atoms with E-state index in [2.05, 4.69) is 33.0 Å². The van der Waals surface area contributed by atoms with Crippen LogP contribution in [0.2, 0.25) is 0 Å². The van der Waals surface area contributed by atoms with Crippen molar-refractivity contribution in [1.82, 2.24) is 10.2 Å². The molecule has 30 heavy (non-hydrogen) atoms. The fourth-order valence-corrected chi connectivity index (χ4v) is 4.28. The molecule has 0 atom stereocenters. The first kappa shape index (κ1) is 23.3. The molecule has 7 N–H and O–H groups in total. The average molecular weight is 411 g/mol. The number of allylic oxidation sites excluding steroid dienone is 2. The number of rotatable bonds is 6. The maximum Gasteiger partial charge on any atom is 0.125 e. The molecule has 0 saturated carbocycles. The Balaban J connectivity index is 2.12. The van der Waals surface area contributed by atoms with Crippen molar-refractivity contribution in [3.63, 3.8) is 0 Å². The van der Waals surface area contributed by atoms with Crippen molar-refractivity contribution in [2.45, 2.75) is 57.7 Å². The summed E-state index contributed by atoms with van der Waals surface area (Å²) in [7, 11) is 1.92. The van der Waals surface area contributed by atoms with Crippen LogP contribution in [0.15, 0.2) is 36.6 Å². The average Bonchev–Trinajstić information content (AvgIpc) is 2.63. The van der Waals surface area contributed by atoms with Crippen LogP contribution in [0.1, 0.15) is 51.7 Å². The van der Waals surface area contributed by atoms with E-state index in [1.165, 1.54) is 18.3 Å². The van der Waals surface area contributed by atoms with Crippen LogP contribution < -0.4 is 11.1 Å². The minimum Gasteiger partial charge on any atom is -0.507 e. The fraction of sp³-hybridized carbons (Fsp3) is 0.435. The highest BCUT2D eigenvalue weighted by Crippen LogP contribution is 2.31. The molecule has 1 saturated heterocycles. The number of hydrogen-bond donors (Lipinski definition) is 6. The highest BCUT2D eigenvalue weighted by atomic mass is 16.3. The number of aromatic hydroxyl groups is 1. The van der Waals surface area contributed by atoms with Crippen LogP contribution in [0, 0.1) is 16.2 Å². The Morgan fingerprint density at radius 2 is 1.77 bits per heavy atom. The van der Waals surface area contributed by atoms with Crippen molar-refractivity contribution in [3.05, 3.63) is 47.7 Å². The van der Waals surface area contributed by atoms with Crippen LogP contribution in [0.25, 0.3) is 5.57 Å². The molecule has 1 heterocycles. The van der Waals surface area contributed by atoms with Crippen LogP contribution in [-0.2, 0) is 0 Å². The molecule has 162 valence electrons. The Morgan fingerprint density at radius 1 is 1.17 bits per heavy atom. The first-order chi connectivity index (χ1) is 13.9. The molecule has 0 bridgehead atoms. The van der Waals surface area contributed by atoms with E-state index < -0.39 is 0 Å². The zero-order chi connectivity index (χ0) is 22.7. The van der Waals surface area contributed by atoms with Crippen LogP contribution in [0.3, 0.4) is 0 Å². The summed E-state index contributed by atoms with van der Waals surface area (Å²) in [4.78, 5) is 1.96. The van der Waals surface area contributed by atoms with Gasteiger partial charge in [-0.25, -0.2) is 0 Å². The number of likely N-dealkylation sites (N-methyl/N-ethyl adjacent to an activating group) is 1. The molecular formula is C23H34N6O. The molecule has 1 fully saturated rings. The third-order valence-corrected chi connectivity index (χ3v) is 5.46. The number of nitrogens with two attached hydrogens (primary N) is 1. The van der Waals surface area contributed by atoms with Crippen molar-refractivity contribution < 1.29 is 5.11 Å². The molecule has 7 heteroatoms. The molecule has 0 spiro atoms. The van der Waals surface area contributed by atoms with Gasteiger partial charge < -0.3 is 31.9 Å². The minimum absolute atomic E-state index is 0.0157. The summed E-state index contributed by atoms with van der Waals surface area (Å²) in [5, 5.41) is 38.0. The number of piperidine rings is 1. The maximum atomic E-state index is 10.3. The molecule has 0 aliphatic carbocycles. The van der Waals surface area contributed by atoms with E-state index >= 15 is 0 Å². The number of phenolic OH excluding ortho intramolecular Hbond substituents is 1. The van der Waals surface area contributed by atoms with Crippen LogP contribution in [-0.4, -0.2) is 51.9 Å². The third-order valence-electron chi connectivity index (χ3n) is 5.46. The molecule has 1 aliphatic rings. The normalized spacial score (nSPS) is 18.9. The van der Waals surface area contributed by atoms with E-state index in [4.69, 9.17) is 22.0 Å². The molecular weight excluding hydrogens is 376 g/mol. The Bertz CT molecular complexity index is 881. The van der Waals surface area contributed by atoms with Crippen LogP contribution >= 0.6 is 0 Å². The van der Waals surface area contributed by atoms with Gasteiger partial charge in [-0.3, -0.25) is 5.41 Å². The van der Waals surface area contributed by atoms with Crippen molar-refractivity contribution in [3.8, 4) is 5.75 Å². The van der Waals surface area contributed by atoms with Gasteiger partial charge in [0.1, 0.15) is 11.6 Å². The number of amidine groups is 1. The lowest BCUT2D eigenvalue weighted by atomic mass is 9.79. The van der Waals surface area contributed by atoms with E-state index in [9.17, 15) is 5.11 Å². The maximum absolute atomic E-state index is 10.3. The van der Waals surface area contributed by atoms with Gasteiger partial charge in [0.2, 0.25) is 0 Å². The topological polar surface area (TPSA) is 133 Å². The Labute approximate surface area is 179 Å². The predicted octanol–water partition coefficient (Wildman–Crippen LogP) is 3.48. The summed E-state index contributed by atoms with van der Waals surface area (Å²) in [6, 6.07) is 5.03. The Hall–Kier alpha value is -2.93. The van der Waals surface area contributed by atoms with E-state index in [0.29, 0.717) is 22.5 Å². The van der Waals surface area contributed by atoms with Crippen LogP contribution in [0.4, 0.5) is 0 Å². The van der Waals surface area contributed by atoms with Gasteiger partial charge in [-0.1, -0.05) is 6.07 Å². The van der Waals surface area contributed by atoms with Gasteiger partial charge in [0.05, 0.1) is 5.71 Å². The second-order valence-corrected chi connectivity index (χ2v) is 9.20. The van der Waals surface area contributed by atoms with Crippen molar-refractivity contribution in [2.75, 3.05) is 7.05 Å². The number of benzene rings is 1. The lowest BCUT2D eigenvalue weighted by Crippen LogP contribution is -2.62. The molecule has 0 aromatic heterocycles. The molecule has 1 aromatic carbocycles. The van der Waals surface area contributed by atoms with Gasteiger partial charge in [-0.05, 0) is 70.4 Å². The lowest BCUT2D eigenvalue weighted by Gasteiger charge is -2.49. The van der Waals surface area contributed by atoms with Gasteiger partial charge in [-0.2, -0.15) is 0 Å². The molecule has 0 amide bonds. The predicted molar refractivity (Wildman–Crippen MR) is 125 cm³/mol. The summed E-state index contributed by atoms with van der Waals surface area (Å²) in [5.74, 6) is 0.261. The zero-order valence-electron chi connectivity index (χ0n) is 18.5. The quantitative estimate of drug-likeness (QED) is 0.316. The number of phenols is 1. The van der Waals surface area contributed by atoms with Crippen LogP contribution in [0.5, 0.6) is 5.75 Å². The standard InChI is InChI=1S/C23H34N6O/c1-22(2)11-17(12-23(3,4)28-22)29(5)21(27)9-8-19(26)18-7-6-15(10-20(18)30)16(13-24)14-25/h6-10,13-14,17,24,26-28,30H,11-12,25H2,1-5H3/b9-8-,16-14+,24-13?,26-19?,27-21?. The van der Waals surface area contributed by atoms with Crippen molar-refractivity contribution in [1.29, 1.82) is 16.2 Å². The molecule has 0 radical (unpaired) electrons. The Kier molecular flexibility index (Phi) is 6.87. The van der Waals surface area contributed by atoms with E-state index in [1.807, 2.05) is 11.9 Å². The first-order valence-corrected chi connectivity index (χ1v) is 10.0. The van der Waals surface area contributed by atoms with Gasteiger partial charge in [-0.15, -0.1) is 0 Å². The van der Waals surface area contributed by atoms with Gasteiger partial charge >= 0.3 is 0 Å². The number of hydrogen-bond acceptors (Lipinski definition) is 6.